The Balaban J connectivity index is 2.48. The molecule has 1 aromatic heterocycles. The van der Waals surface area contributed by atoms with E-state index in [0.29, 0.717) is 13.1 Å². The van der Waals surface area contributed by atoms with Crippen LogP contribution < -0.4 is 21.9 Å². The predicted molar refractivity (Wildman–Crippen MR) is 117 cm³/mol. The fourth-order valence-electron chi connectivity index (χ4n) is 3.24. The summed E-state index contributed by atoms with van der Waals surface area (Å²) in [6.45, 7) is 10.7. The lowest BCUT2D eigenvalue weighted by molar-refractivity contribution is -0.118. The van der Waals surface area contributed by atoms with Gasteiger partial charge in [-0.05, 0) is 42.9 Å². The van der Waals surface area contributed by atoms with Crippen molar-refractivity contribution in [2.24, 2.45) is 5.92 Å². The number of H-pyrrole nitrogens is 1. The second-order valence-electron chi connectivity index (χ2n) is 7.99. The van der Waals surface area contributed by atoms with E-state index in [1.54, 1.807) is 0 Å². The monoisotopic (exact) mass is 400 g/mol. The number of hydrogen-bond donors (Lipinski definition) is 2. The van der Waals surface area contributed by atoms with Gasteiger partial charge < -0.3 is 10.6 Å². The maximum absolute atomic E-state index is 13.2. The number of hydrogen-bond acceptors (Lipinski definition) is 4. The highest BCUT2D eigenvalue weighted by Crippen LogP contribution is 2.20. The second-order valence-corrected chi connectivity index (χ2v) is 7.99. The Hall–Kier alpha value is -2.83. The average Bonchev–Trinajstić information content (AvgIpc) is 2.63. The van der Waals surface area contributed by atoms with Crippen molar-refractivity contribution in [3.05, 3.63) is 55.7 Å². The third kappa shape index (κ3) is 5.37. The second kappa shape index (κ2) is 9.58. The average molecular weight is 401 g/mol. The van der Waals surface area contributed by atoms with Crippen LogP contribution in [0.3, 0.4) is 0 Å². The lowest BCUT2D eigenvalue weighted by Crippen LogP contribution is -2.43. The fraction of sp³-hybridized carbons (Fsp3) is 0.500. The van der Waals surface area contributed by atoms with Crippen LogP contribution in [0.25, 0.3) is 0 Å². The predicted octanol–water partition coefficient (Wildman–Crippen LogP) is 2.77. The standard InChI is InChI=1S/C22H32N4O3/c1-6-7-10-25-20(23)19(21(28)24-22(25)29)26(13-14(2)3)18(27)12-17-9-8-15(4)16(5)11-17/h8-9,11,14H,6-7,10,12-13,23H2,1-5H3,(H,24,28,29). The minimum atomic E-state index is -0.630. The van der Waals surface area contributed by atoms with Crippen molar-refractivity contribution in [1.29, 1.82) is 0 Å². The number of amides is 1. The number of nitrogens with one attached hydrogen (secondary N) is 1. The zero-order chi connectivity index (χ0) is 21.7. The van der Waals surface area contributed by atoms with Gasteiger partial charge in [-0.1, -0.05) is 45.4 Å². The molecule has 0 aliphatic rings. The molecule has 7 nitrogen and oxygen atoms in total. The molecule has 0 fully saturated rings. The van der Waals surface area contributed by atoms with Crippen LogP contribution in [0.1, 0.15) is 50.3 Å². The van der Waals surface area contributed by atoms with E-state index < -0.39 is 11.2 Å². The molecule has 0 aliphatic carbocycles. The fourth-order valence-corrected chi connectivity index (χ4v) is 3.24. The zero-order valence-electron chi connectivity index (χ0n) is 18.0. The number of rotatable bonds is 8. The van der Waals surface area contributed by atoms with Gasteiger partial charge in [0, 0.05) is 13.1 Å². The van der Waals surface area contributed by atoms with Gasteiger partial charge in [0.2, 0.25) is 5.91 Å². The van der Waals surface area contributed by atoms with E-state index in [4.69, 9.17) is 5.73 Å². The van der Waals surface area contributed by atoms with Gasteiger partial charge in [-0.3, -0.25) is 19.1 Å². The number of nitrogens with two attached hydrogens (primary N) is 1. The van der Waals surface area contributed by atoms with Gasteiger partial charge in [0.1, 0.15) is 5.82 Å². The molecule has 0 unspecified atom stereocenters. The van der Waals surface area contributed by atoms with E-state index >= 15 is 0 Å². The molecule has 0 radical (unpaired) electrons. The first kappa shape index (κ1) is 22.5. The Morgan fingerprint density at radius 1 is 1.21 bits per heavy atom. The number of nitrogen functional groups attached to an aromatic ring is 1. The maximum Gasteiger partial charge on any atom is 0.330 e. The Morgan fingerprint density at radius 3 is 2.48 bits per heavy atom. The molecule has 2 aromatic rings. The molecule has 1 heterocycles. The SMILES string of the molecule is CCCCn1c(N)c(N(CC(C)C)C(=O)Cc2ccc(C)c(C)c2)c(=O)[nH]c1=O. The maximum atomic E-state index is 13.2. The van der Waals surface area contributed by atoms with Crippen LogP contribution in [0.2, 0.25) is 0 Å². The molecule has 0 saturated heterocycles. The van der Waals surface area contributed by atoms with Crippen molar-refractivity contribution < 1.29 is 4.79 Å². The lowest BCUT2D eigenvalue weighted by Gasteiger charge is -2.26. The number of carbonyl (C=O) groups is 1. The largest absolute Gasteiger partial charge is 0.383 e. The van der Waals surface area contributed by atoms with E-state index in [1.807, 2.05) is 52.8 Å². The molecule has 29 heavy (non-hydrogen) atoms. The number of nitrogens with zero attached hydrogens (tertiary/aromatic N) is 2. The van der Waals surface area contributed by atoms with Crippen molar-refractivity contribution in [2.75, 3.05) is 17.2 Å². The molecule has 2 rings (SSSR count). The number of aryl methyl sites for hydroxylation is 2. The number of anilines is 2. The molecule has 0 saturated carbocycles. The zero-order valence-corrected chi connectivity index (χ0v) is 18.0. The first-order valence-electron chi connectivity index (χ1n) is 10.1. The number of carbonyl (C=O) groups excluding carboxylic acids is 1. The van der Waals surface area contributed by atoms with Gasteiger partial charge in [-0.25, -0.2) is 4.79 Å². The first-order valence-corrected chi connectivity index (χ1v) is 10.1. The highest BCUT2D eigenvalue weighted by molar-refractivity contribution is 5.96. The third-order valence-corrected chi connectivity index (χ3v) is 4.99. The molecule has 7 heteroatoms. The van der Waals surface area contributed by atoms with Crippen LogP contribution in [0.5, 0.6) is 0 Å². The minimum Gasteiger partial charge on any atom is -0.383 e. The first-order chi connectivity index (χ1) is 13.6. The molecular formula is C22H32N4O3. The molecule has 0 atom stereocenters. The summed E-state index contributed by atoms with van der Waals surface area (Å²) in [5.41, 5.74) is 8.25. The highest BCUT2D eigenvalue weighted by Gasteiger charge is 2.25. The topological polar surface area (TPSA) is 101 Å². The van der Waals surface area contributed by atoms with Crippen LogP contribution in [-0.4, -0.2) is 22.0 Å². The van der Waals surface area contributed by atoms with Crippen molar-refractivity contribution in [3.8, 4) is 0 Å². The van der Waals surface area contributed by atoms with Gasteiger partial charge in [-0.15, -0.1) is 0 Å². The minimum absolute atomic E-state index is 0.0429. The smallest absolute Gasteiger partial charge is 0.330 e. The molecule has 1 aromatic carbocycles. The highest BCUT2D eigenvalue weighted by atomic mass is 16.2. The van der Waals surface area contributed by atoms with Crippen LogP contribution in [0.15, 0.2) is 27.8 Å². The molecule has 1 amide bonds. The van der Waals surface area contributed by atoms with Gasteiger partial charge in [0.05, 0.1) is 6.42 Å². The summed E-state index contributed by atoms with van der Waals surface area (Å²) in [5, 5.41) is 0. The van der Waals surface area contributed by atoms with Crippen molar-refractivity contribution in [3.63, 3.8) is 0 Å². The summed E-state index contributed by atoms with van der Waals surface area (Å²) in [5.74, 6) is -0.0605. The van der Waals surface area contributed by atoms with Crippen molar-refractivity contribution >= 4 is 17.4 Å². The summed E-state index contributed by atoms with van der Waals surface area (Å²) >= 11 is 0. The van der Waals surface area contributed by atoms with Crippen molar-refractivity contribution in [1.82, 2.24) is 9.55 Å². The Morgan fingerprint density at radius 2 is 1.90 bits per heavy atom. The van der Waals surface area contributed by atoms with E-state index in [1.165, 1.54) is 9.47 Å². The van der Waals surface area contributed by atoms with E-state index in [-0.39, 0.29) is 29.8 Å². The summed E-state index contributed by atoms with van der Waals surface area (Å²) in [7, 11) is 0. The third-order valence-electron chi connectivity index (χ3n) is 4.99. The summed E-state index contributed by atoms with van der Waals surface area (Å²) < 4.78 is 1.34. The molecule has 0 bridgehead atoms. The summed E-state index contributed by atoms with van der Waals surface area (Å²) in [6.07, 6.45) is 1.78. The Kier molecular flexibility index (Phi) is 7.42. The molecule has 0 aliphatic heterocycles. The molecule has 158 valence electrons. The normalized spacial score (nSPS) is 11.1. The van der Waals surface area contributed by atoms with Crippen LogP contribution in [0.4, 0.5) is 11.5 Å². The van der Waals surface area contributed by atoms with E-state index in [2.05, 4.69) is 4.98 Å². The Labute approximate surface area is 171 Å². The number of aromatic amines is 1. The lowest BCUT2D eigenvalue weighted by atomic mass is 10.0. The number of unbranched alkanes of at least 4 members (excludes halogenated alkanes) is 1. The quantitative estimate of drug-likeness (QED) is 0.711. The number of aromatic nitrogens is 2. The molecule has 0 spiro atoms. The Bertz CT molecular complexity index is 989. The summed E-state index contributed by atoms with van der Waals surface area (Å²) in [6, 6.07) is 5.89. The van der Waals surface area contributed by atoms with Gasteiger partial charge >= 0.3 is 5.69 Å². The van der Waals surface area contributed by atoms with Gasteiger partial charge in [-0.2, -0.15) is 0 Å². The summed E-state index contributed by atoms with van der Waals surface area (Å²) in [4.78, 5) is 41.8. The number of benzene rings is 1. The molecule has 3 N–H and O–H groups in total. The van der Waals surface area contributed by atoms with Crippen molar-refractivity contribution in [2.45, 2.75) is 60.4 Å². The van der Waals surface area contributed by atoms with Crippen LogP contribution in [0, 0.1) is 19.8 Å². The van der Waals surface area contributed by atoms with Gasteiger partial charge in [0.25, 0.3) is 5.56 Å². The van der Waals surface area contributed by atoms with E-state index in [0.717, 1.165) is 29.5 Å². The molecular weight excluding hydrogens is 368 g/mol. The van der Waals surface area contributed by atoms with Crippen LogP contribution >= 0.6 is 0 Å². The van der Waals surface area contributed by atoms with Gasteiger partial charge in [0.15, 0.2) is 5.69 Å². The van der Waals surface area contributed by atoms with E-state index in [9.17, 15) is 14.4 Å². The van der Waals surface area contributed by atoms with Crippen LogP contribution in [-0.2, 0) is 17.8 Å².